The molecule has 0 aliphatic heterocycles. The lowest BCUT2D eigenvalue weighted by Gasteiger charge is -2.17. The molecule has 0 saturated carbocycles. The maximum absolute atomic E-state index is 13.1. The highest BCUT2D eigenvalue weighted by atomic mass is 32.2. The summed E-state index contributed by atoms with van der Waals surface area (Å²) in [5.41, 5.74) is 1.96. The number of hydrogen-bond donors (Lipinski definition) is 2. The first-order valence-electron chi connectivity index (χ1n) is 9.36. The Balaban J connectivity index is 1.89. The smallest absolute Gasteiger partial charge is 0.251 e. The fourth-order valence-electron chi connectivity index (χ4n) is 2.84. The number of carbonyl (C=O) groups excluding carboxylic acids is 1. The Morgan fingerprint density at radius 3 is 2.69 bits per heavy atom. The van der Waals surface area contributed by atoms with Gasteiger partial charge in [-0.3, -0.25) is 9.59 Å². The van der Waals surface area contributed by atoms with Crippen LogP contribution in [0.15, 0.2) is 70.6 Å². The van der Waals surface area contributed by atoms with Gasteiger partial charge in [-0.1, -0.05) is 61.5 Å². The fourth-order valence-corrected chi connectivity index (χ4v) is 3.86. The summed E-state index contributed by atoms with van der Waals surface area (Å²) in [7, 11) is 1.58. The third-order valence-corrected chi connectivity index (χ3v) is 5.32. The van der Waals surface area contributed by atoms with E-state index in [4.69, 9.17) is 4.74 Å². The van der Waals surface area contributed by atoms with Gasteiger partial charge in [0.1, 0.15) is 11.0 Å². The summed E-state index contributed by atoms with van der Waals surface area (Å²) < 4.78 is 5.22. The number of nitrogens with zero attached hydrogens (tertiary/aromatic N) is 1. The van der Waals surface area contributed by atoms with Crippen LogP contribution in [0.5, 0.6) is 5.75 Å². The first kappa shape index (κ1) is 20.7. The molecule has 0 saturated heterocycles. The quantitative estimate of drug-likeness (QED) is 0.430. The monoisotopic (exact) mass is 409 g/mol. The van der Waals surface area contributed by atoms with Crippen LogP contribution in [0.2, 0.25) is 0 Å². The minimum atomic E-state index is -0.581. The molecule has 0 aliphatic rings. The Labute approximate surface area is 173 Å². The summed E-state index contributed by atoms with van der Waals surface area (Å²) in [5.74, 6) is 0.447. The van der Waals surface area contributed by atoms with Gasteiger partial charge in [0.25, 0.3) is 5.56 Å². The Morgan fingerprint density at radius 2 is 1.97 bits per heavy atom. The van der Waals surface area contributed by atoms with E-state index in [0.29, 0.717) is 23.0 Å². The molecule has 0 aliphatic carbocycles. The summed E-state index contributed by atoms with van der Waals surface area (Å²) >= 11 is 1.22. The van der Waals surface area contributed by atoms with Crippen molar-refractivity contribution in [2.45, 2.75) is 30.2 Å². The van der Waals surface area contributed by atoms with Crippen molar-refractivity contribution < 1.29 is 9.53 Å². The maximum Gasteiger partial charge on any atom is 0.251 e. The number of aryl methyl sites for hydroxylation is 1. The van der Waals surface area contributed by atoms with Gasteiger partial charge >= 0.3 is 0 Å². The lowest BCUT2D eigenvalue weighted by atomic mass is 10.1. The summed E-state index contributed by atoms with van der Waals surface area (Å²) in [6.45, 7) is 2.03. The number of H-pyrrole nitrogens is 1. The molecule has 0 spiro atoms. The number of aromatic amines is 1. The predicted molar refractivity (Wildman–Crippen MR) is 116 cm³/mol. The highest BCUT2D eigenvalue weighted by Crippen LogP contribution is 2.34. The van der Waals surface area contributed by atoms with Crippen LogP contribution < -0.4 is 15.6 Å². The number of nitrogens with one attached hydrogen (secondary N) is 2. The second kappa shape index (κ2) is 9.93. The standard InChI is InChI=1S/C22H23N3O3S/c1-3-8-16-14-19(26)25-22(24-16)29-20(15-9-5-4-6-10-15)21(27)23-17-11-7-12-18(13-17)28-2/h4-7,9-14,20H,3,8H2,1-2H3,(H,23,27)(H,24,25,26)/t20-/m0/s1. The van der Waals surface area contributed by atoms with Crippen molar-refractivity contribution in [3.63, 3.8) is 0 Å². The number of anilines is 1. The Bertz CT molecular complexity index is 1020. The Hall–Kier alpha value is -3.06. The minimum absolute atomic E-state index is 0.210. The van der Waals surface area contributed by atoms with Crippen LogP contribution in [0.25, 0.3) is 0 Å². The fraction of sp³-hybridized carbons (Fsp3) is 0.227. The van der Waals surface area contributed by atoms with Gasteiger partial charge < -0.3 is 15.0 Å². The number of thioether (sulfide) groups is 1. The van der Waals surface area contributed by atoms with Crippen LogP contribution in [0, 0.1) is 0 Å². The Kier molecular flexibility index (Phi) is 7.08. The zero-order chi connectivity index (χ0) is 20.6. The largest absolute Gasteiger partial charge is 0.497 e. The first-order chi connectivity index (χ1) is 14.1. The molecule has 1 atom stereocenters. The molecule has 7 heteroatoms. The van der Waals surface area contributed by atoms with Crippen LogP contribution in [0.1, 0.15) is 29.9 Å². The van der Waals surface area contributed by atoms with Crippen molar-refractivity contribution in [2.75, 3.05) is 12.4 Å². The van der Waals surface area contributed by atoms with Crippen LogP contribution in [-0.2, 0) is 11.2 Å². The number of aromatic nitrogens is 2. The number of methoxy groups -OCH3 is 1. The van der Waals surface area contributed by atoms with Crippen LogP contribution in [-0.4, -0.2) is 23.0 Å². The third kappa shape index (κ3) is 5.71. The van der Waals surface area contributed by atoms with E-state index in [9.17, 15) is 9.59 Å². The van der Waals surface area contributed by atoms with E-state index >= 15 is 0 Å². The SMILES string of the molecule is CCCc1cc(=O)[nH]c(S[C@H](C(=O)Nc2cccc(OC)c2)c2ccccc2)n1. The highest BCUT2D eigenvalue weighted by Gasteiger charge is 2.23. The number of ether oxygens (including phenoxy) is 1. The van der Waals surface area contributed by atoms with Gasteiger partial charge in [-0.15, -0.1) is 0 Å². The number of rotatable bonds is 8. The lowest BCUT2D eigenvalue weighted by Crippen LogP contribution is -2.20. The van der Waals surface area contributed by atoms with Crippen LogP contribution in [0.4, 0.5) is 5.69 Å². The molecule has 1 aromatic heterocycles. The van der Waals surface area contributed by atoms with E-state index < -0.39 is 5.25 Å². The van der Waals surface area contributed by atoms with Gasteiger partial charge in [0.2, 0.25) is 5.91 Å². The molecule has 3 rings (SSSR count). The van der Waals surface area contributed by atoms with Crippen molar-refractivity contribution in [3.8, 4) is 5.75 Å². The number of hydrogen-bond acceptors (Lipinski definition) is 5. The van der Waals surface area contributed by atoms with Crippen molar-refractivity contribution in [1.29, 1.82) is 0 Å². The molecule has 0 bridgehead atoms. The van der Waals surface area contributed by atoms with E-state index in [-0.39, 0.29) is 11.5 Å². The molecule has 0 fully saturated rings. The molecule has 3 aromatic rings. The lowest BCUT2D eigenvalue weighted by molar-refractivity contribution is -0.115. The summed E-state index contributed by atoms with van der Waals surface area (Å²) in [4.78, 5) is 32.4. The summed E-state index contributed by atoms with van der Waals surface area (Å²) in [5, 5.41) is 2.78. The molecule has 0 radical (unpaired) electrons. The topological polar surface area (TPSA) is 84.1 Å². The molecule has 1 amide bonds. The van der Waals surface area contributed by atoms with Gasteiger partial charge in [-0.05, 0) is 24.1 Å². The molecule has 6 nitrogen and oxygen atoms in total. The number of benzene rings is 2. The zero-order valence-corrected chi connectivity index (χ0v) is 17.2. The summed E-state index contributed by atoms with van der Waals surface area (Å²) in [6, 6.07) is 18.1. The van der Waals surface area contributed by atoms with E-state index in [0.717, 1.165) is 17.7 Å². The predicted octanol–water partition coefficient (Wildman–Crippen LogP) is 4.20. The molecule has 1 heterocycles. The van der Waals surface area contributed by atoms with Gasteiger partial charge in [0, 0.05) is 23.5 Å². The van der Waals surface area contributed by atoms with Gasteiger partial charge in [0.15, 0.2) is 5.16 Å². The molecule has 2 aromatic carbocycles. The second-order valence-corrected chi connectivity index (χ2v) is 7.52. The molecule has 150 valence electrons. The zero-order valence-electron chi connectivity index (χ0n) is 16.3. The van der Waals surface area contributed by atoms with Crippen LogP contribution in [0.3, 0.4) is 0 Å². The average Bonchev–Trinajstić information content (AvgIpc) is 2.72. The molecular formula is C22H23N3O3S. The highest BCUT2D eigenvalue weighted by molar-refractivity contribution is 8.00. The average molecular weight is 410 g/mol. The van der Waals surface area contributed by atoms with E-state index in [1.165, 1.54) is 17.8 Å². The van der Waals surface area contributed by atoms with Crippen molar-refractivity contribution in [3.05, 3.63) is 82.3 Å². The van der Waals surface area contributed by atoms with Crippen molar-refractivity contribution >= 4 is 23.4 Å². The molecule has 29 heavy (non-hydrogen) atoms. The van der Waals surface area contributed by atoms with E-state index in [1.54, 1.807) is 19.2 Å². The Morgan fingerprint density at radius 1 is 1.17 bits per heavy atom. The minimum Gasteiger partial charge on any atom is -0.497 e. The van der Waals surface area contributed by atoms with Crippen LogP contribution >= 0.6 is 11.8 Å². The van der Waals surface area contributed by atoms with Gasteiger partial charge in [-0.25, -0.2) is 4.98 Å². The van der Waals surface area contributed by atoms with Gasteiger partial charge in [-0.2, -0.15) is 0 Å². The van der Waals surface area contributed by atoms with Crippen molar-refractivity contribution in [1.82, 2.24) is 9.97 Å². The second-order valence-electron chi connectivity index (χ2n) is 6.42. The number of carbonyl (C=O) groups is 1. The van der Waals surface area contributed by atoms with E-state index in [2.05, 4.69) is 15.3 Å². The van der Waals surface area contributed by atoms with Gasteiger partial charge in [0.05, 0.1) is 7.11 Å². The molecule has 2 N–H and O–H groups in total. The molecular weight excluding hydrogens is 386 g/mol. The van der Waals surface area contributed by atoms with Crippen molar-refractivity contribution in [2.24, 2.45) is 0 Å². The normalized spacial score (nSPS) is 11.7. The first-order valence-corrected chi connectivity index (χ1v) is 10.2. The number of amides is 1. The third-order valence-electron chi connectivity index (χ3n) is 4.19. The van der Waals surface area contributed by atoms with E-state index in [1.807, 2.05) is 49.4 Å². The molecule has 0 unspecified atom stereocenters. The maximum atomic E-state index is 13.1. The summed E-state index contributed by atoms with van der Waals surface area (Å²) in [6.07, 6.45) is 1.60.